The molecule has 0 aromatic carbocycles. The lowest BCUT2D eigenvalue weighted by molar-refractivity contribution is -0.123. The average molecular weight is 484 g/mol. The molecule has 0 bridgehead atoms. The number of aromatic nitrogens is 2. The van der Waals surface area contributed by atoms with Gasteiger partial charge in [0.2, 0.25) is 5.91 Å². The summed E-state index contributed by atoms with van der Waals surface area (Å²) in [4.78, 5) is 41.8. The summed E-state index contributed by atoms with van der Waals surface area (Å²) in [5.74, 6) is -1.05. The zero-order chi connectivity index (χ0) is 23.5. The lowest BCUT2D eigenvalue weighted by Crippen LogP contribution is -2.48. The highest BCUT2D eigenvalue weighted by atomic mass is 32.2. The fourth-order valence-corrected chi connectivity index (χ4v) is 6.59. The Morgan fingerprint density at radius 1 is 1.34 bits per heavy atom. The van der Waals surface area contributed by atoms with Gasteiger partial charge in [-0.25, -0.2) is 13.2 Å². The minimum atomic E-state index is -3.68. The molecular formula is C20H29N5O5S2. The Morgan fingerprint density at radius 3 is 2.72 bits per heavy atom. The van der Waals surface area contributed by atoms with E-state index in [-0.39, 0.29) is 34.7 Å². The highest BCUT2D eigenvalue weighted by molar-refractivity contribution is 7.91. The van der Waals surface area contributed by atoms with Crippen LogP contribution in [0.15, 0.2) is 31.3 Å². The fraction of sp³-hybridized carbons (Fsp3) is 0.550. The molecule has 2 aromatic heterocycles. The third-order valence-electron chi connectivity index (χ3n) is 5.62. The third-order valence-corrected chi connectivity index (χ3v) is 8.86. The van der Waals surface area contributed by atoms with Crippen LogP contribution in [-0.4, -0.2) is 47.8 Å². The molecule has 0 aliphatic carbocycles. The van der Waals surface area contributed by atoms with E-state index >= 15 is 0 Å². The van der Waals surface area contributed by atoms with Crippen LogP contribution in [0.1, 0.15) is 39.5 Å². The Balaban J connectivity index is 1.91. The van der Waals surface area contributed by atoms with E-state index in [0.717, 1.165) is 17.8 Å². The molecule has 2 aromatic rings. The molecule has 1 aliphatic rings. The zero-order valence-corrected chi connectivity index (χ0v) is 19.9. The maximum atomic E-state index is 13.4. The second-order valence-corrected chi connectivity index (χ2v) is 10.8. The molecule has 1 fully saturated rings. The summed E-state index contributed by atoms with van der Waals surface area (Å²) >= 11 is 1.13. The summed E-state index contributed by atoms with van der Waals surface area (Å²) in [7, 11) is -3.68. The number of aromatic amines is 1. The van der Waals surface area contributed by atoms with Crippen molar-refractivity contribution in [1.82, 2.24) is 13.9 Å². The van der Waals surface area contributed by atoms with Crippen molar-refractivity contribution < 1.29 is 13.2 Å². The van der Waals surface area contributed by atoms with Gasteiger partial charge in [0, 0.05) is 26.2 Å². The summed E-state index contributed by atoms with van der Waals surface area (Å²) < 4.78 is 28.7. The first-order valence-electron chi connectivity index (χ1n) is 10.7. The van der Waals surface area contributed by atoms with E-state index in [1.54, 1.807) is 24.4 Å². The van der Waals surface area contributed by atoms with Gasteiger partial charge in [0.05, 0.1) is 5.92 Å². The number of unbranched alkanes of at least 4 members (excludes halogenated alkanes) is 1. The van der Waals surface area contributed by atoms with Crippen LogP contribution in [0.3, 0.4) is 0 Å². The normalized spacial score (nSPS) is 17.4. The Hall–Kier alpha value is -2.44. The first-order chi connectivity index (χ1) is 15.2. The van der Waals surface area contributed by atoms with E-state index in [0.29, 0.717) is 32.4 Å². The van der Waals surface area contributed by atoms with E-state index in [1.165, 1.54) is 13.8 Å². The molecule has 3 heterocycles. The lowest BCUT2D eigenvalue weighted by atomic mass is 9.98. The molecule has 3 N–H and O–H groups in total. The molecule has 1 amide bonds. The molecule has 1 saturated heterocycles. The van der Waals surface area contributed by atoms with E-state index in [9.17, 15) is 22.8 Å². The number of hydrogen-bond donors (Lipinski definition) is 2. The molecule has 1 unspecified atom stereocenters. The number of thiophene rings is 1. The summed E-state index contributed by atoms with van der Waals surface area (Å²) in [6.45, 7) is 4.53. The minimum absolute atomic E-state index is 0.0306. The fourth-order valence-electron chi connectivity index (χ4n) is 3.92. The monoisotopic (exact) mass is 483 g/mol. The molecule has 1 atom stereocenters. The Labute approximate surface area is 190 Å². The average Bonchev–Trinajstić information content (AvgIpc) is 3.32. The van der Waals surface area contributed by atoms with Crippen molar-refractivity contribution >= 4 is 38.8 Å². The summed E-state index contributed by atoms with van der Waals surface area (Å²) in [5.41, 5.74) is 4.77. The topological polar surface area (TPSA) is 139 Å². The van der Waals surface area contributed by atoms with Crippen molar-refractivity contribution in [2.75, 3.05) is 30.3 Å². The molecule has 10 nitrogen and oxygen atoms in total. The molecule has 0 saturated carbocycles. The van der Waals surface area contributed by atoms with E-state index in [4.69, 9.17) is 5.73 Å². The Kier molecular flexibility index (Phi) is 7.57. The number of anilines is 2. The smallest absolute Gasteiger partial charge is 0.330 e. The number of amides is 1. The van der Waals surface area contributed by atoms with Crippen LogP contribution in [-0.2, 0) is 21.4 Å². The van der Waals surface area contributed by atoms with Gasteiger partial charge >= 0.3 is 5.69 Å². The number of sulfonamides is 1. The highest BCUT2D eigenvalue weighted by Crippen LogP contribution is 2.28. The van der Waals surface area contributed by atoms with Gasteiger partial charge in [-0.2, -0.15) is 4.31 Å². The van der Waals surface area contributed by atoms with Crippen LogP contribution < -0.4 is 21.9 Å². The number of rotatable bonds is 8. The summed E-state index contributed by atoms with van der Waals surface area (Å²) in [6.07, 6.45) is 2.54. The number of nitrogens with one attached hydrogen (secondary N) is 1. The van der Waals surface area contributed by atoms with Crippen LogP contribution in [0.2, 0.25) is 0 Å². The van der Waals surface area contributed by atoms with Crippen molar-refractivity contribution in [3.05, 3.63) is 38.4 Å². The maximum Gasteiger partial charge on any atom is 0.330 e. The second-order valence-electron chi connectivity index (χ2n) is 7.72. The van der Waals surface area contributed by atoms with Crippen molar-refractivity contribution in [2.24, 2.45) is 5.92 Å². The molecule has 1 aliphatic heterocycles. The minimum Gasteiger partial charge on any atom is -0.383 e. The van der Waals surface area contributed by atoms with Crippen molar-refractivity contribution in [3.8, 4) is 0 Å². The van der Waals surface area contributed by atoms with Gasteiger partial charge in [0.1, 0.15) is 10.0 Å². The predicted octanol–water partition coefficient (Wildman–Crippen LogP) is 1.43. The van der Waals surface area contributed by atoms with E-state index in [1.807, 2.05) is 6.92 Å². The van der Waals surface area contributed by atoms with Crippen LogP contribution in [0.25, 0.3) is 0 Å². The Bertz CT molecular complexity index is 1170. The zero-order valence-electron chi connectivity index (χ0n) is 18.2. The van der Waals surface area contributed by atoms with Crippen LogP contribution in [0.5, 0.6) is 0 Å². The quantitative estimate of drug-likeness (QED) is 0.582. The molecule has 0 radical (unpaired) electrons. The van der Waals surface area contributed by atoms with Gasteiger partial charge in [-0.15, -0.1) is 11.3 Å². The standard InChI is InChI=1S/C20H29N5O5S2/c1-3-5-11-25-17(21)16(18(26)22-20(25)28)24(4-2)19(27)14-8-6-10-23(13-14)32(29,30)15-9-7-12-31-15/h7,9,12,14H,3-6,8,10-11,13,21H2,1-2H3,(H,22,26,28). The molecule has 176 valence electrons. The first-order valence-corrected chi connectivity index (χ1v) is 13.0. The van der Waals surface area contributed by atoms with Gasteiger partial charge in [-0.05, 0) is 37.6 Å². The number of carbonyl (C=O) groups is 1. The van der Waals surface area contributed by atoms with Crippen LogP contribution in [0.4, 0.5) is 11.5 Å². The predicted molar refractivity (Wildman–Crippen MR) is 124 cm³/mol. The van der Waals surface area contributed by atoms with Gasteiger partial charge in [-0.1, -0.05) is 19.4 Å². The van der Waals surface area contributed by atoms with Crippen LogP contribution in [0, 0.1) is 5.92 Å². The number of nitrogens with two attached hydrogens (primary N) is 1. The molecular weight excluding hydrogens is 454 g/mol. The number of carbonyl (C=O) groups excluding carboxylic acids is 1. The number of nitrogen functional groups attached to an aromatic ring is 1. The van der Waals surface area contributed by atoms with Crippen molar-refractivity contribution in [2.45, 2.75) is 50.3 Å². The van der Waals surface area contributed by atoms with Gasteiger partial charge in [0.25, 0.3) is 15.6 Å². The van der Waals surface area contributed by atoms with E-state index in [2.05, 4.69) is 4.98 Å². The first kappa shape index (κ1) is 24.2. The molecule has 0 spiro atoms. The summed E-state index contributed by atoms with van der Waals surface area (Å²) in [6, 6.07) is 3.22. The van der Waals surface area contributed by atoms with Gasteiger partial charge in [0.15, 0.2) is 5.69 Å². The van der Waals surface area contributed by atoms with Crippen molar-refractivity contribution in [3.63, 3.8) is 0 Å². The van der Waals surface area contributed by atoms with Crippen molar-refractivity contribution in [1.29, 1.82) is 0 Å². The highest BCUT2D eigenvalue weighted by Gasteiger charge is 2.36. The number of piperidine rings is 1. The third kappa shape index (κ3) is 4.66. The Morgan fingerprint density at radius 2 is 2.09 bits per heavy atom. The number of nitrogens with zero attached hydrogens (tertiary/aromatic N) is 3. The SMILES string of the molecule is CCCCn1c(N)c(N(CC)C(=O)C2CCCN(S(=O)(=O)c3cccs3)C2)c(=O)[nH]c1=O. The lowest BCUT2D eigenvalue weighted by Gasteiger charge is -2.34. The van der Waals surface area contributed by atoms with Crippen LogP contribution >= 0.6 is 11.3 Å². The summed E-state index contributed by atoms with van der Waals surface area (Å²) in [5, 5.41) is 1.70. The van der Waals surface area contributed by atoms with Gasteiger partial charge < -0.3 is 10.6 Å². The maximum absolute atomic E-state index is 13.4. The number of hydrogen-bond acceptors (Lipinski definition) is 7. The molecule has 32 heavy (non-hydrogen) atoms. The molecule has 12 heteroatoms. The molecule has 3 rings (SSSR count). The largest absolute Gasteiger partial charge is 0.383 e. The second kappa shape index (κ2) is 10.0. The van der Waals surface area contributed by atoms with E-state index < -0.39 is 27.2 Å². The van der Waals surface area contributed by atoms with Gasteiger partial charge in [-0.3, -0.25) is 19.1 Å². The number of H-pyrrole nitrogens is 1.